The number of para-hydroxylation sites is 3. The zero-order valence-corrected chi connectivity index (χ0v) is 17.6. The quantitative estimate of drug-likeness (QED) is 0.638. The lowest BCUT2D eigenvalue weighted by atomic mass is 9.79. The molecule has 0 aromatic heterocycles. The number of hydrogen-bond donors (Lipinski definition) is 2. The van der Waals surface area contributed by atoms with Crippen LogP contribution in [0.3, 0.4) is 0 Å². The summed E-state index contributed by atoms with van der Waals surface area (Å²) in [6.07, 6.45) is 3.25. The van der Waals surface area contributed by atoms with E-state index in [9.17, 15) is 0 Å². The van der Waals surface area contributed by atoms with E-state index in [1.54, 1.807) is 7.11 Å². The van der Waals surface area contributed by atoms with Crippen LogP contribution in [0.15, 0.2) is 48.5 Å². The largest absolute Gasteiger partial charge is 0.493 e. The van der Waals surface area contributed by atoms with Gasteiger partial charge in [-0.25, -0.2) is 0 Å². The molecule has 0 amide bonds. The second-order valence-electron chi connectivity index (χ2n) is 8.60. The maximum absolute atomic E-state index is 5.91. The van der Waals surface area contributed by atoms with Crippen molar-refractivity contribution in [2.45, 2.75) is 52.1 Å². The van der Waals surface area contributed by atoms with Crippen molar-refractivity contribution >= 4 is 5.69 Å². The van der Waals surface area contributed by atoms with Crippen LogP contribution in [0, 0.1) is 5.41 Å². The summed E-state index contributed by atoms with van der Waals surface area (Å²) in [5.41, 5.74) is 2.89. The molecule has 0 saturated carbocycles. The van der Waals surface area contributed by atoms with Gasteiger partial charge in [0.1, 0.15) is 0 Å². The Labute approximate surface area is 169 Å². The molecule has 2 aromatic rings. The lowest BCUT2D eigenvalue weighted by molar-refractivity contribution is 0.223. The summed E-state index contributed by atoms with van der Waals surface area (Å²) in [5.74, 6) is 1.59. The van der Waals surface area contributed by atoms with Crippen molar-refractivity contribution in [1.82, 2.24) is 5.32 Å². The van der Waals surface area contributed by atoms with E-state index in [1.807, 2.05) is 24.3 Å². The Morgan fingerprint density at radius 3 is 2.54 bits per heavy atom. The molecule has 152 valence electrons. The van der Waals surface area contributed by atoms with E-state index in [-0.39, 0.29) is 5.41 Å². The van der Waals surface area contributed by atoms with Gasteiger partial charge in [-0.1, -0.05) is 51.1 Å². The van der Waals surface area contributed by atoms with Gasteiger partial charge in [-0.3, -0.25) is 0 Å². The third-order valence-electron chi connectivity index (χ3n) is 5.43. The van der Waals surface area contributed by atoms with Crippen molar-refractivity contribution in [3.05, 3.63) is 54.1 Å². The first-order valence-corrected chi connectivity index (χ1v) is 10.3. The number of fused-ring (bicyclic) bond motifs is 1. The van der Waals surface area contributed by atoms with Gasteiger partial charge in [0.05, 0.1) is 13.7 Å². The highest BCUT2D eigenvalue weighted by Gasteiger charge is 2.33. The van der Waals surface area contributed by atoms with E-state index in [4.69, 9.17) is 9.47 Å². The summed E-state index contributed by atoms with van der Waals surface area (Å²) in [4.78, 5) is 0. The van der Waals surface area contributed by atoms with Crippen LogP contribution < -0.4 is 20.1 Å². The zero-order chi connectivity index (χ0) is 20.0. The van der Waals surface area contributed by atoms with Gasteiger partial charge in [0.2, 0.25) is 0 Å². The number of methoxy groups -OCH3 is 1. The summed E-state index contributed by atoms with van der Waals surface area (Å²) < 4.78 is 11.3. The molecule has 2 atom stereocenters. The average molecular weight is 383 g/mol. The summed E-state index contributed by atoms with van der Waals surface area (Å²) in [7, 11) is 1.67. The molecule has 0 aliphatic carbocycles. The van der Waals surface area contributed by atoms with Gasteiger partial charge in [0.15, 0.2) is 11.5 Å². The van der Waals surface area contributed by atoms with Gasteiger partial charge in [0, 0.05) is 17.8 Å². The minimum absolute atomic E-state index is 0.174. The SMILES string of the molecule is COc1ccccc1OCCCNC(C1CCc2ccccc2N1)C(C)(C)C. The predicted octanol–water partition coefficient (Wildman–Crippen LogP) is 4.90. The Hall–Kier alpha value is -2.20. The van der Waals surface area contributed by atoms with Crippen LogP contribution >= 0.6 is 0 Å². The highest BCUT2D eigenvalue weighted by molar-refractivity contribution is 5.54. The number of rotatable bonds is 8. The van der Waals surface area contributed by atoms with E-state index in [0.717, 1.165) is 37.3 Å². The molecular formula is C24H34N2O2. The number of ether oxygens (including phenoxy) is 2. The van der Waals surface area contributed by atoms with Crippen molar-refractivity contribution in [2.24, 2.45) is 5.41 Å². The molecule has 1 heterocycles. The normalized spacial score (nSPS) is 17.4. The second kappa shape index (κ2) is 9.33. The highest BCUT2D eigenvalue weighted by atomic mass is 16.5. The Kier molecular flexibility index (Phi) is 6.84. The van der Waals surface area contributed by atoms with Gasteiger partial charge >= 0.3 is 0 Å². The third kappa shape index (κ3) is 5.20. The molecule has 1 aliphatic rings. The topological polar surface area (TPSA) is 42.5 Å². The van der Waals surface area contributed by atoms with Crippen molar-refractivity contribution in [3.63, 3.8) is 0 Å². The standard InChI is InChI=1S/C24H34N2O2/c1-24(2,3)23(20-15-14-18-10-5-6-11-19(18)26-20)25-16-9-17-28-22-13-8-7-12-21(22)27-4/h5-8,10-13,20,23,25-26H,9,14-17H2,1-4H3. The van der Waals surface area contributed by atoms with Crippen molar-refractivity contribution < 1.29 is 9.47 Å². The number of benzene rings is 2. The lowest BCUT2D eigenvalue weighted by Gasteiger charge is -2.41. The molecule has 0 spiro atoms. The first-order chi connectivity index (χ1) is 13.5. The number of nitrogens with one attached hydrogen (secondary N) is 2. The molecule has 4 nitrogen and oxygen atoms in total. The molecule has 2 unspecified atom stereocenters. The summed E-state index contributed by atoms with van der Waals surface area (Å²) in [6, 6.07) is 17.3. The molecule has 2 aromatic carbocycles. The molecule has 0 saturated heterocycles. The lowest BCUT2D eigenvalue weighted by Crippen LogP contribution is -2.53. The maximum Gasteiger partial charge on any atom is 0.161 e. The first-order valence-electron chi connectivity index (χ1n) is 10.3. The third-order valence-corrected chi connectivity index (χ3v) is 5.43. The van der Waals surface area contributed by atoms with Crippen molar-refractivity contribution in [2.75, 3.05) is 25.6 Å². The minimum atomic E-state index is 0.174. The van der Waals surface area contributed by atoms with Gasteiger partial charge in [-0.05, 0) is 55.0 Å². The van der Waals surface area contributed by atoms with Crippen LogP contribution in [-0.4, -0.2) is 32.3 Å². The van der Waals surface area contributed by atoms with Crippen LogP contribution in [0.2, 0.25) is 0 Å². The molecule has 0 radical (unpaired) electrons. The van der Waals surface area contributed by atoms with Crippen molar-refractivity contribution in [3.8, 4) is 11.5 Å². The fourth-order valence-electron chi connectivity index (χ4n) is 4.01. The van der Waals surface area contributed by atoms with E-state index in [1.165, 1.54) is 11.3 Å². The Morgan fingerprint density at radius 2 is 1.79 bits per heavy atom. The molecule has 4 heteroatoms. The van der Waals surface area contributed by atoms with Crippen LogP contribution in [-0.2, 0) is 6.42 Å². The zero-order valence-electron chi connectivity index (χ0n) is 17.6. The summed E-state index contributed by atoms with van der Waals surface area (Å²) in [5, 5.41) is 7.58. The van der Waals surface area contributed by atoms with Crippen LogP contribution in [0.25, 0.3) is 0 Å². The van der Waals surface area contributed by atoms with Crippen LogP contribution in [0.4, 0.5) is 5.69 Å². The van der Waals surface area contributed by atoms with Gasteiger partial charge in [0.25, 0.3) is 0 Å². The van der Waals surface area contributed by atoms with Gasteiger partial charge in [-0.2, -0.15) is 0 Å². The average Bonchev–Trinajstić information content (AvgIpc) is 2.69. The van der Waals surface area contributed by atoms with Gasteiger partial charge < -0.3 is 20.1 Å². The molecule has 0 bridgehead atoms. The van der Waals surface area contributed by atoms with Gasteiger partial charge in [-0.15, -0.1) is 0 Å². The molecule has 3 rings (SSSR count). The Bertz CT molecular complexity index is 754. The fourth-order valence-corrected chi connectivity index (χ4v) is 4.01. The van der Waals surface area contributed by atoms with E-state index < -0.39 is 0 Å². The minimum Gasteiger partial charge on any atom is -0.493 e. The van der Waals surface area contributed by atoms with Crippen LogP contribution in [0.5, 0.6) is 11.5 Å². The highest BCUT2D eigenvalue weighted by Crippen LogP contribution is 2.31. The first kappa shape index (κ1) is 20.5. The predicted molar refractivity (Wildman–Crippen MR) is 117 cm³/mol. The number of aryl methyl sites for hydroxylation is 1. The Morgan fingerprint density at radius 1 is 1.07 bits per heavy atom. The molecule has 2 N–H and O–H groups in total. The Balaban J connectivity index is 1.51. The number of hydrogen-bond acceptors (Lipinski definition) is 4. The monoisotopic (exact) mass is 382 g/mol. The molecule has 1 aliphatic heterocycles. The summed E-state index contributed by atoms with van der Waals surface area (Å²) in [6.45, 7) is 8.55. The molecule has 28 heavy (non-hydrogen) atoms. The van der Waals surface area contributed by atoms with E-state index in [0.29, 0.717) is 18.7 Å². The summed E-state index contributed by atoms with van der Waals surface area (Å²) >= 11 is 0. The maximum atomic E-state index is 5.91. The van der Waals surface area contributed by atoms with Crippen LogP contribution in [0.1, 0.15) is 39.2 Å². The molecular weight excluding hydrogens is 348 g/mol. The van der Waals surface area contributed by atoms with E-state index in [2.05, 4.69) is 55.7 Å². The second-order valence-corrected chi connectivity index (χ2v) is 8.60. The smallest absolute Gasteiger partial charge is 0.161 e. The molecule has 0 fully saturated rings. The fraction of sp³-hybridized carbons (Fsp3) is 0.500. The van der Waals surface area contributed by atoms with Crippen molar-refractivity contribution in [1.29, 1.82) is 0 Å². The number of anilines is 1. The van der Waals surface area contributed by atoms with E-state index >= 15 is 0 Å².